The van der Waals surface area contributed by atoms with Gasteiger partial charge in [-0.15, -0.1) is 0 Å². The minimum absolute atomic E-state index is 0.115. The molecular formula is C12H15ClF2O2S. The third kappa shape index (κ3) is 5.42. The van der Waals surface area contributed by atoms with Crippen LogP contribution in [0.5, 0.6) is 5.75 Å². The second-order valence-corrected chi connectivity index (χ2v) is 5.63. The molecule has 6 heteroatoms. The summed E-state index contributed by atoms with van der Waals surface area (Å²) in [5.41, 5.74) is 0.637. The zero-order chi connectivity index (χ0) is 13.5. The summed E-state index contributed by atoms with van der Waals surface area (Å²) in [4.78, 5) is 0. The topological polar surface area (TPSA) is 29.5 Å². The van der Waals surface area contributed by atoms with E-state index in [1.165, 1.54) is 12.1 Å². The lowest BCUT2D eigenvalue weighted by atomic mass is 10.2. The quantitative estimate of drug-likeness (QED) is 0.826. The number of benzene rings is 1. The van der Waals surface area contributed by atoms with Crippen LogP contribution in [0.15, 0.2) is 18.2 Å². The number of rotatable bonds is 7. The lowest BCUT2D eigenvalue weighted by molar-refractivity contribution is -0.0503. The molecule has 0 aromatic heterocycles. The van der Waals surface area contributed by atoms with Gasteiger partial charge >= 0.3 is 6.61 Å². The van der Waals surface area contributed by atoms with Crippen LogP contribution < -0.4 is 4.74 Å². The molecule has 0 aliphatic heterocycles. The molecule has 0 heterocycles. The number of halogens is 3. The largest absolute Gasteiger partial charge is 0.435 e. The molecule has 0 spiro atoms. The molecule has 0 fully saturated rings. The second kappa shape index (κ2) is 7.81. The molecule has 0 saturated heterocycles. The summed E-state index contributed by atoms with van der Waals surface area (Å²) in [6.45, 7) is -0.756. The maximum atomic E-state index is 12.2. The summed E-state index contributed by atoms with van der Waals surface area (Å²) in [6, 6.07) is 4.59. The average molecular weight is 297 g/mol. The Morgan fingerprint density at radius 1 is 1.44 bits per heavy atom. The molecule has 0 radical (unpaired) electrons. The first-order valence-electron chi connectivity index (χ1n) is 5.48. The monoisotopic (exact) mass is 296 g/mol. The van der Waals surface area contributed by atoms with E-state index in [1.54, 1.807) is 17.8 Å². The fourth-order valence-corrected chi connectivity index (χ4v) is 2.53. The summed E-state index contributed by atoms with van der Waals surface area (Å²) >= 11 is 7.40. The number of aliphatic hydroxyl groups is 1. The van der Waals surface area contributed by atoms with Crippen LogP contribution in [0.4, 0.5) is 8.78 Å². The van der Waals surface area contributed by atoms with Gasteiger partial charge in [-0.1, -0.05) is 18.5 Å². The highest BCUT2D eigenvalue weighted by molar-refractivity contribution is 7.99. The van der Waals surface area contributed by atoms with Gasteiger partial charge in [0.05, 0.1) is 0 Å². The molecule has 0 aliphatic rings. The van der Waals surface area contributed by atoms with E-state index >= 15 is 0 Å². The van der Waals surface area contributed by atoms with Gasteiger partial charge in [0.25, 0.3) is 0 Å². The summed E-state index contributed by atoms with van der Waals surface area (Å²) < 4.78 is 28.9. The number of ether oxygens (including phenoxy) is 1. The van der Waals surface area contributed by atoms with Crippen molar-refractivity contribution in [2.24, 2.45) is 0 Å². The Hall–Kier alpha value is -0.520. The number of hydrogen-bond acceptors (Lipinski definition) is 3. The molecule has 1 aromatic carbocycles. The smallest absolute Gasteiger partial charge is 0.387 e. The molecule has 102 valence electrons. The van der Waals surface area contributed by atoms with Gasteiger partial charge in [0.15, 0.2) is 0 Å². The molecule has 1 atom stereocenters. The molecule has 1 unspecified atom stereocenters. The predicted molar refractivity (Wildman–Crippen MR) is 70.5 cm³/mol. The van der Waals surface area contributed by atoms with Crippen molar-refractivity contribution in [1.29, 1.82) is 0 Å². The van der Waals surface area contributed by atoms with Crippen LogP contribution in [0, 0.1) is 0 Å². The van der Waals surface area contributed by atoms with Crippen molar-refractivity contribution < 1.29 is 18.6 Å². The zero-order valence-corrected chi connectivity index (χ0v) is 11.5. The van der Waals surface area contributed by atoms with Crippen LogP contribution in [0.2, 0.25) is 5.02 Å². The van der Waals surface area contributed by atoms with Gasteiger partial charge in [0.2, 0.25) is 0 Å². The van der Waals surface area contributed by atoms with Gasteiger partial charge in [-0.05, 0) is 24.6 Å². The summed E-state index contributed by atoms with van der Waals surface area (Å²) in [5, 5.41) is 9.53. The predicted octanol–water partition coefficient (Wildman–Crippen LogP) is 3.95. The van der Waals surface area contributed by atoms with Crippen LogP contribution in [-0.4, -0.2) is 23.6 Å². The van der Waals surface area contributed by atoms with Gasteiger partial charge in [-0.2, -0.15) is 20.5 Å². The number of hydrogen-bond donors (Lipinski definition) is 1. The Morgan fingerprint density at radius 2 is 2.17 bits per heavy atom. The van der Waals surface area contributed by atoms with Crippen molar-refractivity contribution in [3.8, 4) is 5.75 Å². The molecule has 0 saturated carbocycles. The minimum atomic E-state index is -2.84. The highest BCUT2D eigenvalue weighted by Crippen LogP contribution is 2.30. The fraction of sp³-hybridized carbons (Fsp3) is 0.500. The van der Waals surface area contributed by atoms with Crippen molar-refractivity contribution in [1.82, 2.24) is 0 Å². The number of thioether (sulfide) groups is 1. The van der Waals surface area contributed by atoms with E-state index in [-0.39, 0.29) is 17.6 Å². The molecule has 0 bridgehead atoms. The number of alkyl halides is 2. The van der Waals surface area contributed by atoms with Gasteiger partial charge in [-0.25, -0.2) is 0 Å². The van der Waals surface area contributed by atoms with Gasteiger partial charge < -0.3 is 9.84 Å². The number of aliphatic hydroxyl groups excluding tert-OH is 1. The average Bonchev–Trinajstić information content (AvgIpc) is 2.29. The molecule has 2 nitrogen and oxygen atoms in total. The third-order valence-corrected chi connectivity index (χ3v) is 3.82. The lowest BCUT2D eigenvalue weighted by Gasteiger charge is -2.13. The van der Waals surface area contributed by atoms with Crippen LogP contribution in [0.25, 0.3) is 0 Å². The molecule has 18 heavy (non-hydrogen) atoms. The van der Waals surface area contributed by atoms with E-state index in [0.29, 0.717) is 22.8 Å². The first-order valence-corrected chi connectivity index (χ1v) is 6.91. The molecule has 0 aliphatic carbocycles. The fourth-order valence-electron chi connectivity index (χ4n) is 1.37. The SMILES string of the molecule is CC(CCO)SCc1cc(Cl)ccc1OC(F)F. The van der Waals surface area contributed by atoms with Crippen LogP contribution in [0.3, 0.4) is 0 Å². The Balaban J connectivity index is 2.69. The van der Waals surface area contributed by atoms with E-state index in [2.05, 4.69) is 4.74 Å². The first kappa shape index (κ1) is 15.5. The van der Waals surface area contributed by atoms with Crippen molar-refractivity contribution in [2.75, 3.05) is 6.61 Å². The van der Waals surface area contributed by atoms with Crippen LogP contribution >= 0.6 is 23.4 Å². The van der Waals surface area contributed by atoms with E-state index in [0.717, 1.165) is 0 Å². The van der Waals surface area contributed by atoms with E-state index in [1.807, 2.05) is 6.92 Å². The summed E-state index contributed by atoms with van der Waals surface area (Å²) in [7, 11) is 0. The first-order chi connectivity index (χ1) is 8.52. The highest BCUT2D eigenvalue weighted by Gasteiger charge is 2.11. The lowest BCUT2D eigenvalue weighted by Crippen LogP contribution is -2.05. The standard InChI is InChI=1S/C12H15ClF2O2S/c1-8(4-5-16)18-7-9-6-10(13)2-3-11(9)17-12(14)15/h2-3,6,8,12,16H,4-5,7H2,1H3. The maximum absolute atomic E-state index is 12.2. The molecule has 1 rings (SSSR count). The van der Waals surface area contributed by atoms with E-state index < -0.39 is 6.61 Å². The van der Waals surface area contributed by atoms with Gasteiger partial charge in [0, 0.05) is 28.2 Å². The van der Waals surface area contributed by atoms with Gasteiger partial charge in [-0.3, -0.25) is 0 Å². The Kier molecular flexibility index (Phi) is 6.75. The second-order valence-electron chi connectivity index (χ2n) is 3.76. The van der Waals surface area contributed by atoms with E-state index in [9.17, 15) is 8.78 Å². The molecule has 1 N–H and O–H groups in total. The van der Waals surface area contributed by atoms with Crippen LogP contribution in [-0.2, 0) is 5.75 Å². The Bertz CT molecular complexity index is 377. The highest BCUT2D eigenvalue weighted by atomic mass is 35.5. The Morgan fingerprint density at radius 3 is 2.78 bits per heavy atom. The maximum Gasteiger partial charge on any atom is 0.387 e. The zero-order valence-electron chi connectivity index (χ0n) is 9.91. The molecule has 1 aromatic rings. The van der Waals surface area contributed by atoms with Crippen LogP contribution in [0.1, 0.15) is 18.9 Å². The van der Waals surface area contributed by atoms with E-state index in [4.69, 9.17) is 16.7 Å². The van der Waals surface area contributed by atoms with Gasteiger partial charge in [0.1, 0.15) is 5.75 Å². The van der Waals surface area contributed by atoms with Crippen molar-refractivity contribution in [3.63, 3.8) is 0 Å². The van der Waals surface area contributed by atoms with Crippen molar-refractivity contribution in [3.05, 3.63) is 28.8 Å². The minimum Gasteiger partial charge on any atom is -0.435 e. The molecule has 0 amide bonds. The Labute approximate surface area is 114 Å². The summed E-state index contributed by atoms with van der Waals surface area (Å²) in [6.07, 6.45) is 0.663. The van der Waals surface area contributed by atoms with Crippen molar-refractivity contribution in [2.45, 2.75) is 31.0 Å². The third-order valence-electron chi connectivity index (χ3n) is 2.30. The normalized spacial score (nSPS) is 12.8. The summed E-state index contributed by atoms with van der Waals surface area (Å²) in [5.74, 6) is 0.669. The molecular weight excluding hydrogens is 282 g/mol. The van der Waals surface area contributed by atoms with Crippen molar-refractivity contribution >= 4 is 23.4 Å².